The first-order chi connectivity index (χ1) is 17.6. The average Bonchev–Trinajstić information content (AvgIpc) is 3.43. The molecule has 0 spiro atoms. The molecule has 3 rings (SSSR count). The van der Waals surface area contributed by atoms with E-state index in [2.05, 4.69) is 75.6 Å². The number of nitrogens with two attached hydrogens (primary N) is 1. The normalized spacial score (nSPS) is 13.9. The van der Waals surface area contributed by atoms with Gasteiger partial charge in [0.15, 0.2) is 0 Å². The Kier molecular flexibility index (Phi) is 17.1. The van der Waals surface area contributed by atoms with Crippen LogP contribution in [0.4, 0.5) is 5.82 Å². The van der Waals surface area contributed by atoms with E-state index < -0.39 is 0 Å². The maximum atomic E-state index is 5.76. The number of nitrogens with one attached hydrogen (secondary N) is 1. The van der Waals surface area contributed by atoms with Crippen LogP contribution in [0.25, 0.3) is 0 Å². The number of rotatable bonds is 10. The van der Waals surface area contributed by atoms with Gasteiger partial charge in [-0.2, -0.15) is 5.10 Å². The Balaban J connectivity index is 0.000000982. The molecule has 1 aliphatic rings. The molecule has 1 aliphatic heterocycles. The number of pyridine rings is 1. The number of aromatic nitrogens is 3. The van der Waals surface area contributed by atoms with Crippen molar-refractivity contribution in [1.29, 1.82) is 0 Å². The Morgan fingerprint density at radius 3 is 2.44 bits per heavy atom. The van der Waals surface area contributed by atoms with Crippen LogP contribution in [0.3, 0.4) is 0 Å². The zero-order valence-electron chi connectivity index (χ0n) is 23.5. The van der Waals surface area contributed by atoms with Gasteiger partial charge in [0.05, 0.1) is 12.2 Å². The molecule has 3 N–H and O–H groups in total. The van der Waals surface area contributed by atoms with Gasteiger partial charge in [0, 0.05) is 49.6 Å². The predicted octanol–water partition coefficient (Wildman–Crippen LogP) is 5.95. The van der Waals surface area contributed by atoms with Crippen molar-refractivity contribution in [2.24, 2.45) is 11.7 Å². The minimum atomic E-state index is 0.439. The Bertz CT molecular complexity index is 869. The first-order valence-electron chi connectivity index (χ1n) is 13.8. The van der Waals surface area contributed by atoms with E-state index in [0.29, 0.717) is 12.6 Å². The van der Waals surface area contributed by atoms with E-state index in [-0.39, 0.29) is 0 Å². The van der Waals surface area contributed by atoms with Gasteiger partial charge in [0.1, 0.15) is 5.82 Å². The Labute approximate surface area is 220 Å². The lowest BCUT2D eigenvalue weighted by atomic mass is 9.90. The molecule has 1 atom stereocenters. The van der Waals surface area contributed by atoms with E-state index in [4.69, 9.17) is 5.73 Å². The third-order valence-corrected chi connectivity index (χ3v) is 6.29. The summed E-state index contributed by atoms with van der Waals surface area (Å²) in [5.74, 6) is 8.10. The second kappa shape index (κ2) is 19.6. The van der Waals surface area contributed by atoms with E-state index in [0.717, 1.165) is 61.8 Å². The molecule has 0 saturated carbocycles. The zero-order chi connectivity index (χ0) is 26.6. The van der Waals surface area contributed by atoms with Crippen LogP contribution in [0.1, 0.15) is 89.8 Å². The van der Waals surface area contributed by atoms with Crippen LogP contribution in [-0.4, -0.2) is 41.4 Å². The van der Waals surface area contributed by atoms with Crippen molar-refractivity contribution in [3.05, 3.63) is 54.5 Å². The number of hydrogen-bond donors (Lipinski definition) is 2. The third kappa shape index (κ3) is 11.4. The van der Waals surface area contributed by atoms with Crippen molar-refractivity contribution in [2.75, 3.05) is 31.6 Å². The lowest BCUT2D eigenvalue weighted by molar-refractivity contribution is 0.313. The van der Waals surface area contributed by atoms with Crippen LogP contribution in [0.5, 0.6) is 0 Å². The molecule has 36 heavy (non-hydrogen) atoms. The lowest BCUT2D eigenvalue weighted by Gasteiger charge is -2.33. The van der Waals surface area contributed by atoms with Crippen molar-refractivity contribution in [1.82, 2.24) is 20.1 Å². The molecule has 0 aliphatic carbocycles. The maximum Gasteiger partial charge on any atom is 0.128 e. The predicted molar refractivity (Wildman–Crippen MR) is 155 cm³/mol. The number of anilines is 1. The smallest absolute Gasteiger partial charge is 0.128 e. The number of nitrogens with zero attached hydrogens (tertiary/aromatic N) is 4. The molecule has 2 aromatic heterocycles. The fourth-order valence-corrected chi connectivity index (χ4v) is 4.12. The van der Waals surface area contributed by atoms with Crippen molar-refractivity contribution in [2.45, 2.75) is 85.2 Å². The van der Waals surface area contributed by atoms with Gasteiger partial charge in [-0.05, 0) is 70.2 Å². The van der Waals surface area contributed by atoms with E-state index in [1.165, 1.54) is 25.7 Å². The second-order valence-electron chi connectivity index (χ2n) is 8.84. The van der Waals surface area contributed by atoms with E-state index in [9.17, 15) is 0 Å². The minimum absolute atomic E-state index is 0.439. The first kappa shape index (κ1) is 31.4. The second-order valence-corrected chi connectivity index (χ2v) is 8.84. The quantitative estimate of drug-likeness (QED) is 0.315. The third-order valence-electron chi connectivity index (χ3n) is 6.29. The summed E-state index contributed by atoms with van der Waals surface area (Å²) in [6, 6.07) is 4.64. The van der Waals surface area contributed by atoms with Gasteiger partial charge in [-0.1, -0.05) is 45.6 Å². The standard InChI is InChI=1S/C24H36N6.C4H8.C2H6/c1-3-4-5-21-7-9-24(27-17-21)29-14-11-20(12-15-29)6-8-23(10-13-26-2)30-19-22(16-25)18-28-30;1-3-4-2;1-2/h7,9,17-20,23,26H,3,6,8,10-16,25H2,1-2H3;3H,1,4H2,2H3;1-2H3. The van der Waals surface area contributed by atoms with Gasteiger partial charge in [0.2, 0.25) is 0 Å². The molecule has 1 unspecified atom stereocenters. The molecule has 200 valence electrons. The SMILES string of the molecule is C=CCC.CC.CCC#Cc1ccc(N2CCC(CCC(CCNC)n3cc(CN)cn3)CC2)nc1. The van der Waals surface area contributed by atoms with Gasteiger partial charge < -0.3 is 16.0 Å². The van der Waals surface area contributed by atoms with Gasteiger partial charge in [-0.15, -0.1) is 6.58 Å². The molecule has 6 nitrogen and oxygen atoms in total. The fourth-order valence-electron chi connectivity index (χ4n) is 4.12. The van der Waals surface area contributed by atoms with Crippen molar-refractivity contribution in [3.8, 4) is 11.8 Å². The summed E-state index contributed by atoms with van der Waals surface area (Å²) < 4.78 is 2.13. The van der Waals surface area contributed by atoms with Gasteiger partial charge in [-0.3, -0.25) is 4.68 Å². The van der Waals surface area contributed by atoms with Crippen LogP contribution in [0.15, 0.2) is 43.4 Å². The lowest BCUT2D eigenvalue weighted by Crippen LogP contribution is -2.34. The Morgan fingerprint density at radius 1 is 1.19 bits per heavy atom. The highest BCUT2D eigenvalue weighted by molar-refractivity contribution is 5.43. The largest absolute Gasteiger partial charge is 0.357 e. The molecular formula is C30H50N6. The summed E-state index contributed by atoms with van der Waals surface area (Å²) in [5, 5.41) is 7.84. The summed E-state index contributed by atoms with van der Waals surface area (Å²) in [6.45, 7) is 15.3. The molecule has 0 bridgehead atoms. The van der Waals surface area contributed by atoms with E-state index in [1.54, 1.807) is 0 Å². The topological polar surface area (TPSA) is 72.0 Å². The Morgan fingerprint density at radius 2 is 1.92 bits per heavy atom. The molecule has 1 saturated heterocycles. The summed E-state index contributed by atoms with van der Waals surface area (Å²) in [6.07, 6.45) is 15.7. The van der Waals surface area contributed by atoms with Crippen LogP contribution < -0.4 is 16.0 Å². The first-order valence-corrected chi connectivity index (χ1v) is 13.8. The summed E-state index contributed by atoms with van der Waals surface area (Å²) >= 11 is 0. The van der Waals surface area contributed by atoms with Gasteiger partial charge in [0.25, 0.3) is 0 Å². The highest BCUT2D eigenvalue weighted by Gasteiger charge is 2.22. The summed E-state index contributed by atoms with van der Waals surface area (Å²) in [4.78, 5) is 7.04. The maximum absolute atomic E-state index is 5.76. The molecular weight excluding hydrogens is 444 g/mol. The molecule has 0 radical (unpaired) electrons. The summed E-state index contributed by atoms with van der Waals surface area (Å²) in [5.41, 5.74) is 7.87. The van der Waals surface area contributed by atoms with Crippen LogP contribution >= 0.6 is 0 Å². The van der Waals surface area contributed by atoms with E-state index in [1.807, 2.05) is 39.4 Å². The Hall–Kier alpha value is -2.62. The number of allylic oxidation sites excluding steroid dienone is 1. The summed E-state index contributed by atoms with van der Waals surface area (Å²) in [7, 11) is 2.01. The van der Waals surface area contributed by atoms with Crippen LogP contribution in [-0.2, 0) is 6.54 Å². The average molecular weight is 495 g/mol. The molecule has 1 fully saturated rings. The monoisotopic (exact) mass is 494 g/mol. The van der Waals surface area contributed by atoms with Crippen molar-refractivity contribution < 1.29 is 0 Å². The van der Waals surface area contributed by atoms with Crippen LogP contribution in [0.2, 0.25) is 0 Å². The van der Waals surface area contributed by atoms with Crippen molar-refractivity contribution in [3.63, 3.8) is 0 Å². The number of hydrogen-bond acceptors (Lipinski definition) is 5. The zero-order valence-corrected chi connectivity index (χ0v) is 23.5. The molecule has 6 heteroatoms. The highest BCUT2D eigenvalue weighted by atomic mass is 15.3. The van der Waals surface area contributed by atoms with Gasteiger partial charge in [-0.25, -0.2) is 4.98 Å². The van der Waals surface area contributed by atoms with Crippen LogP contribution in [0, 0.1) is 17.8 Å². The van der Waals surface area contributed by atoms with Crippen molar-refractivity contribution >= 4 is 5.82 Å². The minimum Gasteiger partial charge on any atom is -0.357 e. The fraction of sp³-hybridized carbons (Fsp3) is 0.600. The highest BCUT2D eigenvalue weighted by Crippen LogP contribution is 2.28. The molecule has 2 aromatic rings. The molecule has 0 amide bonds. The number of piperidine rings is 1. The molecule has 0 aromatic carbocycles. The van der Waals surface area contributed by atoms with E-state index >= 15 is 0 Å². The molecule has 3 heterocycles. The van der Waals surface area contributed by atoms with Gasteiger partial charge >= 0.3 is 0 Å².